The summed E-state index contributed by atoms with van der Waals surface area (Å²) in [5.41, 5.74) is 0.679. The first kappa shape index (κ1) is 9.07. The zero-order valence-corrected chi connectivity index (χ0v) is 8.66. The molecule has 0 bridgehead atoms. The number of pyridine rings is 1. The van der Waals surface area contributed by atoms with Crippen molar-refractivity contribution in [3.05, 3.63) is 39.5 Å². The Kier molecular flexibility index (Phi) is 2.33. The Hall–Kier alpha value is -0.500. The van der Waals surface area contributed by atoms with E-state index in [9.17, 15) is 0 Å². The van der Waals surface area contributed by atoms with Gasteiger partial charge >= 0.3 is 0 Å². The van der Waals surface area contributed by atoms with E-state index in [-0.39, 0.29) is 5.15 Å². The molecule has 0 unspecified atom stereocenters. The largest absolute Gasteiger partial charge is 0.233 e. The molecule has 13 heavy (non-hydrogen) atoms. The Balaban J connectivity index is 2.89. The first-order chi connectivity index (χ1) is 6.18. The molecule has 0 amide bonds. The van der Waals surface area contributed by atoms with Crippen LogP contribution in [0.3, 0.4) is 0 Å². The van der Waals surface area contributed by atoms with Crippen molar-refractivity contribution in [3.8, 4) is 0 Å². The van der Waals surface area contributed by atoms with Gasteiger partial charge in [0.15, 0.2) is 0 Å². The second-order valence-electron chi connectivity index (χ2n) is 2.57. The average Bonchev–Trinajstić information content (AvgIpc) is 2.09. The van der Waals surface area contributed by atoms with Crippen LogP contribution in [0.1, 0.15) is 0 Å². The maximum absolute atomic E-state index is 5.92. The van der Waals surface area contributed by atoms with Gasteiger partial charge < -0.3 is 0 Å². The van der Waals surface area contributed by atoms with Crippen LogP contribution >= 0.6 is 34.8 Å². The first-order valence-corrected chi connectivity index (χ1v) is 4.72. The van der Waals surface area contributed by atoms with Crippen LogP contribution in [0.2, 0.25) is 15.2 Å². The molecule has 0 saturated heterocycles. The molecule has 0 saturated carbocycles. The molecule has 0 aliphatic heterocycles. The molecule has 1 nitrogen and oxygen atoms in total. The molecule has 2 aromatic rings. The minimum absolute atomic E-state index is 0.280. The van der Waals surface area contributed by atoms with Crippen molar-refractivity contribution >= 4 is 45.7 Å². The van der Waals surface area contributed by atoms with Crippen LogP contribution in [-0.2, 0) is 0 Å². The van der Waals surface area contributed by atoms with Gasteiger partial charge in [0.1, 0.15) is 5.15 Å². The van der Waals surface area contributed by atoms with E-state index in [4.69, 9.17) is 34.8 Å². The van der Waals surface area contributed by atoms with E-state index in [1.165, 1.54) is 0 Å². The van der Waals surface area contributed by atoms with E-state index < -0.39 is 0 Å². The number of aromatic nitrogens is 1. The van der Waals surface area contributed by atoms with Gasteiger partial charge in [-0.3, -0.25) is 0 Å². The molecule has 0 aliphatic rings. The summed E-state index contributed by atoms with van der Waals surface area (Å²) in [4.78, 5) is 4.08. The zero-order chi connectivity index (χ0) is 9.42. The summed E-state index contributed by atoms with van der Waals surface area (Å²) in [6.45, 7) is 0. The maximum atomic E-state index is 5.92. The maximum Gasteiger partial charge on any atom is 0.148 e. The molecule has 4 heteroatoms. The number of fused-ring (bicyclic) bond motifs is 1. The average molecular weight is 232 g/mol. The van der Waals surface area contributed by atoms with Crippen LogP contribution in [0.15, 0.2) is 24.3 Å². The second kappa shape index (κ2) is 3.33. The number of para-hydroxylation sites is 1. The lowest BCUT2D eigenvalue weighted by Gasteiger charge is -2.01. The Morgan fingerprint density at radius 1 is 1.00 bits per heavy atom. The Morgan fingerprint density at radius 3 is 2.54 bits per heavy atom. The topological polar surface area (TPSA) is 12.9 Å². The SMILES string of the molecule is Clc1cc2cccc(Cl)c2nc1Cl. The van der Waals surface area contributed by atoms with Crippen molar-refractivity contribution in [2.24, 2.45) is 0 Å². The highest BCUT2D eigenvalue weighted by Gasteiger charge is 2.04. The second-order valence-corrected chi connectivity index (χ2v) is 3.74. The highest BCUT2D eigenvalue weighted by atomic mass is 35.5. The van der Waals surface area contributed by atoms with Crippen molar-refractivity contribution in [1.82, 2.24) is 4.98 Å². The number of benzene rings is 1. The predicted molar refractivity (Wildman–Crippen MR) is 56.8 cm³/mol. The fourth-order valence-electron chi connectivity index (χ4n) is 1.11. The van der Waals surface area contributed by atoms with Gasteiger partial charge in [-0.05, 0) is 12.1 Å². The summed E-state index contributed by atoms with van der Waals surface area (Å²) in [6.07, 6.45) is 0. The molecule has 1 aromatic heterocycles. The summed E-state index contributed by atoms with van der Waals surface area (Å²) < 4.78 is 0. The highest BCUT2D eigenvalue weighted by molar-refractivity contribution is 6.42. The fraction of sp³-hybridized carbons (Fsp3) is 0. The van der Waals surface area contributed by atoms with Gasteiger partial charge in [0.25, 0.3) is 0 Å². The minimum atomic E-state index is 0.280. The summed E-state index contributed by atoms with van der Waals surface area (Å²) in [7, 11) is 0. The predicted octanol–water partition coefficient (Wildman–Crippen LogP) is 4.20. The van der Waals surface area contributed by atoms with Crippen molar-refractivity contribution in [1.29, 1.82) is 0 Å². The molecular formula is C9H4Cl3N. The first-order valence-electron chi connectivity index (χ1n) is 3.59. The van der Waals surface area contributed by atoms with Crippen LogP contribution in [0.5, 0.6) is 0 Å². The van der Waals surface area contributed by atoms with Gasteiger partial charge in [-0.25, -0.2) is 4.98 Å². The molecule has 2 rings (SSSR count). The third kappa shape index (κ3) is 1.60. The highest BCUT2D eigenvalue weighted by Crippen LogP contribution is 2.28. The van der Waals surface area contributed by atoms with Crippen molar-refractivity contribution < 1.29 is 0 Å². The summed E-state index contributed by atoms with van der Waals surface area (Å²) in [6, 6.07) is 7.24. The summed E-state index contributed by atoms with van der Waals surface area (Å²) >= 11 is 17.5. The lowest BCUT2D eigenvalue weighted by Crippen LogP contribution is -1.81. The number of nitrogens with zero attached hydrogens (tertiary/aromatic N) is 1. The van der Waals surface area contributed by atoms with Gasteiger partial charge in [-0.1, -0.05) is 46.9 Å². The van der Waals surface area contributed by atoms with Crippen molar-refractivity contribution in [2.75, 3.05) is 0 Å². The van der Waals surface area contributed by atoms with E-state index >= 15 is 0 Å². The Labute approximate surface area is 90.2 Å². The molecular weight excluding hydrogens is 228 g/mol. The van der Waals surface area contributed by atoms with Gasteiger partial charge in [0.05, 0.1) is 15.6 Å². The van der Waals surface area contributed by atoms with Crippen LogP contribution < -0.4 is 0 Å². The van der Waals surface area contributed by atoms with Crippen LogP contribution in [0, 0.1) is 0 Å². The standard InChI is InChI=1S/C9H4Cl3N/c10-6-3-1-2-5-4-7(11)9(12)13-8(5)6/h1-4H. The van der Waals surface area contributed by atoms with E-state index in [2.05, 4.69) is 4.98 Å². The van der Waals surface area contributed by atoms with E-state index in [0.29, 0.717) is 15.6 Å². The third-order valence-corrected chi connectivity index (χ3v) is 2.69. The lowest BCUT2D eigenvalue weighted by atomic mass is 10.2. The minimum Gasteiger partial charge on any atom is -0.233 e. The van der Waals surface area contributed by atoms with Crippen molar-refractivity contribution in [3.63, 3.8) is 0 Å². The molecule has 0 aliphatic carbocycles. The van der Waals surface area contributed by atoms with E-state index in [0.717, 1.165) is 5.39 Å². The summed E-state index contributed by atoms with van der Waals surface area (Å²) in [5, 5.41) is 2.19. The lowest BCUT2D eigenvalue weighted by molar-refractivity contribution is 1.41. The molecule has 0 spiro atoms. The summed E-state index contributed by atoms with van der Waals surface area (Å²) in [5.74, 6) is 0. The smallest absolute Gasteiger partial charge is 0.148 e. The number of hydrogen-bond donors (Lipinski definition) is 0. The molecule has 0 radical (unpaired) electrons. The molecule has 1 heterocycles. The Bertz CT molecular complexity index is 468. The molecule has 66 valence electrons. The number of rotatable bonds is 0. The van der Waals surface area contributed by atoms with E-state index in [1.54, 1.807) is 12.1 Å². The van der Waals surface area contributed by atoms with E-state index in [1.807, 2.05) is 12.1 Å². The molecule has 1 aromatic carbocycles. The van der Waals surface area contributed by atoms with Crippen LogP contribution in [-0.4, -0.2) is 4.98 Å². The number of halogens is 3. The van der Waals surface area contributed by atoms with Crippen LogP contribution in [0.4, 0.5) is 0 Å². The van der Waals surface area contributed by atoms with Crippen LogP contribution in [0.25, 0.3) is 10.9 Å². The fourth-order valence-corrected chi connectivity index (χ4v) is 1.64. The van der Waals surface area contributed by atoms with Gasteiger partial charge in [-0.2, -0.15) is 0 Å². The quantitative estimate of drug-likeness (QED) is 0.621. The Morgan fingerprint density at radius 2 is 1.77 bits per heavy atom. The normalized spacial score (nSPS) is 10.7. The van der Waals surface area contributed by atoms with Gasteiger partial charge in [0.2, 0.25) is 0 Å². The van der Waals surface area contributed by atoms with Gasteiger partial charge in [-0.15, -0.1) is 0 Å². The molecule has 0 N–H and O–H groups in total. The third-order valence-electron chi connectivity index (χ3n) is 1.71. The van der Waals surface area contributed by atoms with Crippen molar-refractivity contribution in [2.45, 2.75) is 0 Å². The zero-order valence-electron chi connectivity index (χ0n) is 6.39. The molecule has 0 atom stereocenters. The van der Waals surface area contributed by atoms with Gasteiger partial charge in [0, 0.05) is 5.39 Å². The number of hydrogen-bond acceptors (Lipinski definition) is 1. The monoisotopic (exact) mass is 231 g/mol. The molecule has 0 fully saturated rings.